The minimum Gasteiger partial charge on any atom is -0.494 e. The standard InChI is InChI=1S/C45H50N4OS/c1-4-6-7-8-34-9-11-35(12-10-34)36-13-15-37(16-14-36)38-17-26-43(27-18-38)51-44-28-23-41(24-29-44)47-46-39-19-21-40(22-20-39)48-49-45-30-25-42(32-33(45)3)50-31-5-2/h13-30,32,34-35H,4-12,31H2,1-3H3. The molecule has 0 aromatic heterocycles. The summed E-state index contributed by atoms with van der Waals surface area (Å²) in [5.41, 5.74) is 8.23. The molecule has 1 aliphatic carbocycles. The lowest BCUT2D eigenvalue weighted by Gasteiger charge is -2.29. The van der Waals surface area contributed by atoms with E-state index in [9.17, 15) is 0 Å². The summed E-state index contributed by atoms with van der Waals surface area (Å²) < 4.78 is 5.70. The Balaban J connectivity index is 0.968. The van der Waals surface area contributed by atoms with Crippen LogP contribution >= 0.6 is 11.8 Å². The first kappa shape index (κ1) is 36.2. The van der Waals surface area contributed by atoms with Crippen LogP contribution in [0.15, 0.2) is 146 Å². The summed E-state index contributed by atoms with van der Waals surface area (Å²) >= 11 is 1.75. The maximum absolute atomic E-state index is 5.70. The van der Waals surface area contributed by atoms with Crippen molar-refractivity contribution in [2.75, 3.05) is 6.61 Å². The van der Waals surface area contributed by atoms with Crippen molar-refractivity contribution in [3.63, 3.8) is 0 Å². The van der Waals surface area contributed by atoms with E-state index in [0.29, 0.717) is 6.61 Å². The van der Waals surface area contributed by atoms with E-state index >= 15 is 0 Å². The molecule has 1 aliphatic rings. The van der Waals surface area contributed by atoms with E-state index in [1.807, 2.05) is 61.5 Å². The summed E-state index contributed by atoms with van der Waals surface area (Å²) in [7, 11) is 0. The number of nitrogens with zero attached hydrogens (tertiary/aromatic N) is 4. The van der Waals surface area contributed by atoms with Crippen LogP contribution in [0, 0.1) is 12.8 Å². The van der Waals surface area contributed by atoms with Gasteiger partial charge in [-0.1, -0.05) is 87.7 Å². The average molecular weight is 695 g/mol. The Bertz CT molecular complexity index is 1860. The highest BCUT2D eigenvalue weighted by molar-refractivity contribution is 7.99. The Labute approximate surface area is 308 Å². The Morgan fingerprint density at radius 3 is 1.71 bits per heavy atom. The van der Waals surface area contributed by atoms with Gasteiger partial charge in [0.05, 0.1) is 29.4 Å². The fraction of sp³-hybridized carbons (Fsp3) is 0.333. The van der Waals surface area contributed by atoms with Gasteiger partial charge in [-0.05, 0) is 152 Å². The first-order valence-corrected chi connectivity index (χ1v) is 19.5. The van der Waals surface area contributed by atoms with E-state index in [-0.39, 0.29) is 0 Å². The molecule has 5 nitrogen and oxygen atoms in total. The zero-order valence-electron chi connectivity index (χ0n) is 30.3. The lowest BCUT2D eigenvalue weighted by atomic mass is 9.77. The van der Waals surface area contributed by atoms with Crippen LogP contribution in [0.2, 0.25) is 0 Å². The van der Waals surface area contributed by atoms with E-state index < -0.39 is 0 Å². The molecular formula is C45H50N4OS. The van der Waals surface area contributed by atoms with E-state index in [1.54, 1.807) is 11.8 Å². The van der Waals surface area contributed by atoms with Crippen molar-refractivity contribution < 1.29 is 4.74 Å². The highest BCUT2D eigenvalue weighted by Gasteiger charge is 2.22. The van der Waals surface area contributed by atoms with Gasteiger partial charge < -0.3 is 4.74 Å². The van der Waals surface area contributed by atoms with Crippen LogP contribution in [-0.4, -0.2) is 6.61 Å². The normalized spacial score (nSPS) is 16.2. The maximum Gasteiger partial charge on any atom is 0.119 e. The summed E-state index contributed by atoms with van der Waals surface area (Å²) in [6.45, 7) is 7.12. The van der Waals surface area contributed by atoms with Crippen LogP contribution < -0.4 is 4.74 Å². The number of hydrogen-bond acceptors (Lipinski definition) is 6. The third kappa shape index (κ3) is 10.7. The molecule has 5 aromatic carbocycles. The van der Waals surface area contributed by atoms with Gasteiger partial charge in [0.25, 0.3) is 0 Å². The van der Waals surface area contributed by atoms with E-state index in [2.05, 4.69) is 95.0 Å². The number of rotatable bonds is 15. The summed E-state index contributed by atoms with van der Waals surface area (Å²) in [5.74, 6) is 2.55. The Hall–Kier alpha value is -4.55. The van der Waals surface area contributed by atoms with Crippen LogP contribution in [0.5, 0.6) is 5.75 Å². The quantitative estimate of drug-likeness (QED) is 0.0809. The van der Waals surface area contributed by atoms with Gasteiger partial charge in [0.2, 0.25) is 0 Å². The predicted octanol–water partition coefficient (Wildman–Crippen LogP) is 15.3. The monoisotopic (exact) mass is 694 g/mol. The third-order valence-corrected chi connectivity index (χ3v) is 10.8. The van der Waals surface area contributed by atoms with Crippen LogP contribution in [-0.2, 0) is 0 Å². The molecule has 51 heavy (non-hydrogen) atoms. The Morgan fingerprint density at radius 1 is 0.588 bits per heavy atom. The first-order valence-electron chi connectivity index (χ1n) is 18.7. The zero-order valence-corrected chi connectivity index (χ0v) is 31.1. The Morgan fingerprint density at radius 2 is 1.14 bits per heavy atom. The summed E-state index contributed by atoms with van der Waals surface area (Å²) in [6.07, 6.45) is 12.0. The molecule has 5 aromatic rings. The fourth-order valence-electron chi connectivity index (χ4n) is 6.71. The molecule has 262 valence electrons. The summed E-state index contributed by atoms with van der Waals surface area (Å²) in [5, 5.41) is 17.7. The molecule has 1 fully saturated rings. The van der Waals surface area contributed by atoms with Crippen molar-refractivity contribution in [1.82, 2.24) is 0 Å². The van der Waals surface area contributed by atoms with Crippen molar-refractivity contribution in [2.45, 2.75) is 94.3 Å². The van der Waals surface area contributed by atoms with E-state index in [0.717, 1.165) is 52.3 Å². The van der Waals surface area contributed by atoms with Crippen LogP contribution in [0.1, 0.15) is 88.7 Å². The van der Waals surface area contributed by atoms with E-state index in [4.69, 9.17) is 4.74 Å². The highest BCUT2D eigenvalue weighted by atomic mass is 32.2. The first-order chi connectivity index (χ1) is 25.1. The number of ether oxygens (including phenoxy) is 1. The van der Waals surface area contributed by atoms with Gasteiger partial charge in [-0.3, -0.25) is 0 Å². The molecule has 1 saturated carbocycles. The molecule has 0 radical (unpaired) electrons. The number of aryl methyl sites for hydroxylation is 1. The minimum atomic E-state index is 0.708. The number of azo groups is 2. The number of unbranched alkanes of at least 4 members (excludes halogenated alkanes) is 2. The lowest BCUT2D eigenvalue weighted by Crippen LogP contribution is -2.13. The maximum atomic E-state index is 5.70. The minimum absolute atomic E-state index is 0.708. The number of benzene rings is 5. The molecule has 0 spiro atoms. The smallest absolute Gasteiger partial charge is 0.119 e. The largest absolute Gasteiger partial charge is 0.494 e. The molecule has 0 heterocycles. The zero-order chi connectivity index (χ0) is 35.3. The second-order valence-electron chi connectivity index (χ2n) is 13.7. The van der Waals surface area contributed by atoms with Crippen molar-refractivity contribution >= 4 is 34.5 Å². The molecule has 0 N–H and O–H groups in total. The van der Waals surface area contributed by atoms with Gasteiger partial charge in [-0.25, -0.2) is 0 Å². The van der Waals surface area contributed by atoms with E-state index in [1.165, 1.54) is 77.8 Å². The van der Waals surface area contributed by atoms with Crippen molar-refractivity contribution in [1.29, 1.82) is 0 Å². The highest BCUT2D eigenvalue weighted by Crippen LogP contribution is 2.39. The SMILES string of the molecule is CCCCCC1CCC(c2ccc(-c3ccc(Sc4ccc(N=Nc5ccc(N=Nc6ccc(OCCC)cc6C)cc5)cc4)cc3)cc2)CC1. The molecular weight excluding hydrogens is 645 g/mol. The van der Waals surface area contributed by atoms with Crippen molar-refractivity contribution in [2.24, 2.45) is 26.4 Å². The molecule has 6 heteroatoms. The molecule has 0 bridgehead atoms. The van der Waals surface area contributed by atoms with Gasteiger partial charge in [-0.15, -0.1) is 0 Å². The Kier molecular flexibility index (Phi) is 13.2. The van der Waals surface area contributed by atoms with Crippen molar-refractivity contribution in [3.8, 4) is 16.9 Å². The summed E-state index contributed by atoms with van der Waals surface area (Å²) in [6, 6.07) is 39.9. The second kappa shape index (κ2) is 18.6. The average Bonchev–Trinajstić information content (AvgIpc) is 3.18. The molecule has 6 rings (SSSR count). The van der Waals surface area contributed by atoms with Gasteiger partial charge >= 0.3 is 0 Å². The number of hydrogen-bond donors (Lipinski definition) is 0. The molecule has 0 atom stereocenters. The van der Waals surface area contributed by atoms with Gasteiger partial charge in [-0.2, -0.15) is 20.5 Å². The molecule has 0 saturated heterocycles. The van der Waals surface area contributed by atoms with Crippen molar-refractivity contribution in [3.05, 3.63) is 126 Å². The van der Waals surface area contributed by atoms with Crippen LogP contribution in [0.4, 0.5) is 22.7 Å². The van der Waals surface area contributed by atoms with Gasteiger partial charge in [0, 0.05) is 9.79 Å². The molecule has 0 amide bonds. The molecule has 0 unspecified atom stereocenters. The third-order valence-electron chi connectivity index (χ3n) is 9.75. The fourth-order valence-corrected chi connectivity index (χ4v) is 7.53. The lowest BCUT2D eigenvalue weighted by molar-refractivity contribution is 0.303. The van der Waals surface area contributed by atoms with Crippen LogP contribution in [0.3, 0.4) is 0 Å². The predicted molar refractivity (Wildman–Crippen MR) is 213 cm³/mol. The molecule has 0 aliphatic heterocycles. The summed E-state index contributed by atoms with van der Waals surface area (Å²) in [4.78, 5) is 2.38. The van der Waals surface area contributed by atoms with Gasteiger partial charge in [0.1, 0.15) is 5.75 Å². The topological polar surface area (TPSA) is 58.7 Å². The second-order valence-corrected chi connectivity index (χ2v) is 14.8. The van der Waals surface area contributed by atoms with Crippen LogP contribution in [0.25, 0.3) is 11.1 Å². The van der Waals surface area contributed by atoms with Gasteiger partial charge in [0.15, 0.2) is 0 Å².